The number of hydrogen-bond donors (Lipinski definition) is 4. The predicted molar refractivity (Wildman–Crippen MR) is 135 cm³/mol. The lowest BCUT2D eigenvalue weighted by Crippen LogP contribution is -2.47. The first-order chi connectivity index (χ1) is 16.9. The number of methoxy groups -OCH3 is 1. The van der Waals surface area contributed by atoms with E-state index in [1.807, 2.05) is 29.9 Å². The van der Waals surface area contributed by atoms with E-state index in [9.17, 15) is 9.90 Å². The highest BCUT2D eigenvalue weighted by Gasteiger charge is 2.32. The maximum absolute atomic E-state index is 13.4. The molecule has 4 N–H and O–H groups in total. The maximum atomic E-state index is 13.4. The molecular formula is C25H35N7O3. The van der Waals surface area contributed by atoms with E-state index >= 15 is 0 Å². The molecular weight excluding hydrogens is 446 g/mol. The SMILES string of the molecule is CNc1cc(Nc2cccn([C@H]3CC[C@](C)(OC)CC3)c2=O)nc2c(CN[C@@H]3CC[C@@H]3O)cnn12. The minimum atomic E-state index is -0.289. The minimum absolute atomic E-state index is 0.0550. The van der Waals surface area contributed by atoms with Crippen LogP contribution in [-0.2, 0) is 11.3 Å². The van der Waals surface area contributed by atoms with Gasteiger partial charge in [-0.25, -0.2) is 4.98 Å². The summed E-state index contributed by atoms with van der Waals surface area (Å²) in [4.78, 5) is 18.1. The highest BCUT2D eigenvalue weighted by atomic mass is 16.5. The third kappa shape index (κ3) is 4.65. The van der Waals surface area contributed by atoms with Crippen LogP contribution < -0.4 is 21.5 Å². The summed E-state index contributed by atoms with van der Waals surface area (Å²) in [7, 11) is 3.59. The lowest BCUT2D eigenvalue weighted by molar-refractivity contribution is -0.0324. The summed E-state index contributed by atoms with van der Waals surface area (Å²) in [5.41, 5.74) is 1.96. The van der Waals surface area contributed by atoms with Crippen LogP contribution >= 0.6 is 0 Å². The van der Waals surface area contributed by atoms with E-state index in [1.54, 1.807) is 23.9 Å². The van der Waals surface area contributed by atoms with Crippen LogP contribution in [-0.4, -0.2) is 56.2 Å². The molecule has 3 aromatic rings. The quantitative estimate of drug-likeness (QED) is 0.388. The number of aliphatic hydroxyl groups is 1. The molecule has 0 amide bonds. The largest absolute Gasteiger partial charge is 0.392 e. The third-order valence-corrected chi connectivity index (χ3v) is 7.73. The first-order valence-electron chi connectivity index (χ1n) is 12.4. The van der Waals surface area contributed by atoms with Crippen molar-refractivity contribution in [1.82, 2.24) is 24.5 Å². The molecule has 0 saturated heterocycles. The first kappa shape index (κ1) is 23.8. The van der Waals surface area contributed by atoms with Gasteiger partial charge in [-0.1, -0.05) is 0 Å². The second-order valence-electron chi connectivity index (χ2n) is 9.96. The monoisotopic (exact) mass is 481 g/mol. The van der Waals surface area contributed by atoms with Crippen LogP contribution in [0.2, 0.25) is 0 Å². The van der Waals surface area contributed by atoms with Crippen LogP contribution in [0.15, 0.2) is 35.4 Å². The predicted octanol–water partition coefficient (Wildman–Crippen LogP) is 2.81. The van der Waals surface area contributed by atoms with E-state index < -0.39 is 0 Å². The van der Waals surface area contributed by atoms with Crippen molar-refractivity contribution in [3.63, 3.8) is 0 Å². The zero-order valence-electron chi connectivity index (χ0n) is 20.6. The number of rotatable bonds is 8. The molecule has 35 heavy (non-hydrogen) atoms. The minimum Gasteiger partial charge on any atom is -0.392 e. The van der Waals surface area contributed by atoms with Gasteiger partial charge in [0.1, 0.15) is 17.3 Å². The molecule has 0 unspecified atom stereocenters. The lowest BCUT2D eigenvalue weighted by atomic mass is 9.83. The Morgan fingerprint density at radius 2 is 2.06 bits per heavy atom. The highest BCUT2D eigenvalue weighted by Crippen LogP contribution is 2.36. The number of aliphatic hydroxyl groups excluding tert-OH is 1. The standard InChI is InChI=1S/C25H35N7O3/c1-25(35-3)10-8-17(9-11-25)31-12-4-5-19(24(31)34)29-21-13-22(26-2)32-23(30-21)16(15-28-32)14-27-18-6-7-20(18)33/h4-5,12-13,15,17-18,20,26-27,33H,6-11,14H2,1-3H3,(H,29,30)/t17-,18-,20+,25-/m1/s1. The number of aromatic nitrogens is 4. The summed E-state index contributed by atoms with van der Waals surface area (Å²) in [6, 6.07) is 5.81. The van der Waals surface area contributed by atoms with E-state index in [0.29, 0.717) is 23.7 Å². The Hall–Kier alpha value is -2.95. The van der Waals surface area contributed by atoms with Gasteiger partial charge in [-0.2, -0.15) is 9.61 Å². The van der Waals surface area contributed by atoms with Crippen molar-refractivity contribution in [2.75, 3.05) is 24.8 Å². The molecule has 0 spiro atoms. The number of hydrogen-bond acceptors (Lipinski definition) is 8. The molecule has 10 heteroatoms. The zero-order chi connectivity index (χ0) is 24.6. The third-order valence-electron chi connectivity index (χ3n) is 7.73. The Balaban J connectivity index is 1.38. The molecule has 2 fully saturated rings. The summed E-state index contributed by atoms with van der Waals surface area (Å²) >= 11 is 0. The molecule has 5 rings (SSSR count). The van der Waals surface area contributed by atoms with Crippen molar-refractivity contribution < 1.29 is 9.84 Å². The zero-order valence-corrected chi connectivity index (χ0v) is 20.6. The summed E-state index contributed by atoms with van der Waals surface area (Å²) in [6.45, 7) is 2.70. The average Bonchev–Trinajstić information content (AvgIpc) is 3.27. The molecule has 10 nitrogen and oxygen atoms in total. The number of anilines is 3. The molecule has 2 aliphatic carbocycles. The fourth-order valence-electron chi connectivity index (χ4n) is 5.06. The van der Waals surface area contributed by atoms with E-state index in [1.165, 1.54) is 0 Å². The van der Waals surface area contributed by atoms with Crippen LogP contribution in [0.4, 0.5) is 17.3 Å². The Labute approximate surface area is 204 Å². The van der Waals surface area contributed by atoms with E-state index in [0.717, 1.165) is 49.9 Å². The van der Waals surface area contributed by atoms with Crippen LogP contribution in [0, 0.1) is 0 Å². The summed E-state index contributed by atoms with van der Waals surface area (Å²) in [5.74, 6) is 1.33. The Morgan fingerprint density at radius 1 is 1.26 bits per heavy atom. The highest BCUT2D eigenvalue weighted by molar-refractivity contribution is 5.64. The molecule has 3 heterocycles. The molecule has 2 atom stereocenters. The smallest absolute Gasteiger partial charge is 0.274 e. The second kappa shape index (κ2) is 9.60. The van der Waals surface area contributed by atoms with Gasteiger partial charge in [-0.05, 0) is 57.6 Å². The number of nitrogens with zero attached hydrogens (tertiary/aromatic N) is 4. The Morgan fingerprint density at radius 3 is 2.71 bits per heavy atom. The molecule has 0 aliphatic heterocycles. The van der Waals surface area contributed by atoms with Crippen molar-refractivity contribution >= 4 is 23.0 Å². The first-order valence-corrected chi connectivity index (χ1v) is 12.4. The van der Waals surface area contributed by atoms with Crippen molar-refractivity contribution in [2.24, 2.45) is 0 Å². The van der Waals surface area contributed by atoms with Gasteiger partial charge in [0.25, 0.3) is 5.56 Å². The molecule has 2 saturated carbocycles. The van der Waals surface area contributed by atoms with Gasteiger partial charge >= 0.3 is 0 Å². The summed E-state index contributed by atoms with van der Waals surface area (Å²) in [6.07, 6.45) is 8.85. The van der Waals surface area contributed by atoms with Crippen LogP contribution in [0.1, 0.15) is 57.1 Å². The topological polar surface area (TPSA) is 118 Å². The molecule has 188 valence electrons. The summed E-state index contributed by atoms with van der Waals surface area (Å²) in [5, 5.41) is 24.1. The number of ether oxygens (including phenoxy) is 1. The van der Waals surface area contributed by atoms with Gasteiger partial charge in [0, 0.05) is 50.6 Å². The van der Waals surface area contributed by atoms with Crippen LogP contribution in [0.3, 0.4) is 0 Å². The van der Waals surface area contributed by atoms with Gasteiger partial charge in [0.2, 0.25) is 0 Å². The number of pyridine rings is 1. The average molecular weight is 482 g/mol. The van der Waals surface area contributed by atoms with Crippen molar-refractivity contribution in [3.05, 3.63) is 46.5 Å². The molecule has 2 aliphatic rings. The maximum Gasteiger partial charge on any atom is 0.274 e. The van der Waals surface area contributed by atoms with Gasteiger partial charge in [-0.3, -0.25) is 4.79 Å². The van der Waals surface area contributed by atoms with Gasteiger partial charge < -0.3 is 30.4 Å². The van der Waals surface area contributed by atoms with Crippen molar-refractivity contribution in [1.29, 1.82) is 0 Å². The molecule has 0 bridgehead atoms. The summed E-state index contributed by atoms with van der Waals surface area (Å²) < 4.78 is 9.25. The molecule has 0 radical (unpaired) electrons. The molecule has 3 aromatic heterocycles. The number of fused-ring (bicyclic) bond motifs is 1. The van der Waals surface area contributed by atoms with E-state index in [4.69, 9.17) is 9.72 Å². The lowest BCUT2D eigenvalue weighted by Gasteiger charge is -2.36. The Bertz CT molecular complexity index is 1250. The van der Waals surface area contributed by atoms with Gasteiger partial charge in [0.15, 0.2) is 5.65 Å². The van der Waals surface area contributed by atoms with Gasteiger partial charge in [-0.15, -0.1) is 0 Å². The van der Waals surface area contributed by atoms with Crippen LogP contribution in [0.5, 0.6) is 0 Å². The van der Waals surface area contributed by atoms with Crippen LogP contribution in [0.25, 0.3) is 5.65 Å². The fourth-order valence-corrected chi connectivity index (χ4v) is 5.06. The molecule has 0 aromatic carbocycles. The van der Waals surface area contributed by atoms with Crippen molar-refractivity contribution in [3.8, 4) is 0 Å². The van der Waals surface area contributed by atoms with Crippen molar-refractivity contribution in [2.45, 2.75) is 75.8 Å². The van der Waals surface area contributed by atoms with E-state index in [2.05, 4.69) is 28.0 Å². The Kier molecular flexibility index (Phi) is 6.52. The number of nitrogens with one attached hydrogen (secondary N) is 3. The normalized spacial score (nSPS) is 26.5. The van der Waals surface area contributed by atoms with E-state index in [-0.39, 0.29) is 29.3 Å². The fraction of sp³-hybridized carbons (Fsp3) is 0.560. The van der Waals surface area contributed by atoms with Gasteiger partial charge in [0.05, 0.1) is 17.9 Å². The second-order valence-corrected chi connectivity index (χ2v) is 9.96.